The Hall–Kier alpha value is -2.32. The number of likely N-dealkylation sites (tertiary alicyclic amines) is 1. The van der Waals surface area contributed by atoms with Crippen LogP contribution < -0.4 is 15.8 Å². The summed E-state index contributed by atoms with van der Waals surface area (Å²) in [5, 5.41) is 3.38. The number of carbonyl (C=O) groups excluding carboxylic acids is 1. The zero-order chi connectivity index (χ0) is 22.3. The number of amides is 2. The maximum absolute atomic E-state index is 11.2. The molecule has 2 aliphatic heterocycles. The number of piperidine rings is 1. The number of nitrogens with two attached hydrogens (primary N) is 1. The van der Waals surface area contributed by atoms with Crippen LogP contribution in [0.2, 0.25) is 5.02 Å². The molecule has 3 N–H and O–H groups in total. The third kappa shape index (κ3) is 6.36. The number of rotatable bonds is 7. The molecule has 32 heavy (non-hydrogen) atoms. The van der Waals surface area contributed by atoms with Crippen LogP contribution in [0.5, 0.6) is 5.75 Å². The summed E-state index contributed by atoms with van der Waals surface area (Å²) in [5.41, 5.74) is 7.12. The molecule has 0 bridgehead atoms. The molecule has 2 aromatic rings. The number of primary amides is 1. The molecule has 0 spiro atoms. The monoisotopic (exact) mass is 458 g/mol. The number of ether oxygens (including phenoxy) is 2. The molecule has 7 nitrogen and oxygen atoms in total. The van der Waals surface area contributed by atoms with Gasteiger partial charge in [-0.15, -0.1) is 0 Å². The highest BCUT2D eigenvalue weighted by atomic mass is 35.5. The minimum Gasteiger partial charge on any atom is -0.489 e. The fourth-order valence-electron chi connectivity index (χ4n) is 4.48. The lowest BCUT2D eigenvalue weighted by Gasteiger charge is -2.42. The molecule has 4 rings (SSSR count). The van der Waals surface area contributed by atoms with Crippen LogP contribution in [0.4, 0.5) is 10.5 Å². The van der Waals surface area contributed by atoms with Gasteiger partial charge in [-0.05, 0) is 55.8 Å². The van der Waals surface area contributed by atoms with Crippen molar-refractivity contribution >= 4 is 23.3 Å². The first kappa shape index (κ1) is 22.9. The highest BCUT2D eigenvalue weighted by molar-refractivity contribution is 6.30. The Bertz CT molecular complexity index is 887. The summed E-state index contributed by atoms with van der Waals surface area (Å²) in [6.45, 7) is 6.12. The van der Waals surface area contributed by atoms with E-state index in [1.54, 1.807) is 6.07 Å². The molecule has 0 saturated carbocycles. The van der Waals surface area contributed by atoms with Crippen molar-refractivity contribution in [3.63, 3.8) is 0 Å². The Morgan fingerprint density at radius 2 is 1.88 bits per heavy atom. The summed E-state index contributed by atoms with van der Waals surface area (Å²) in [6, 6.07) is 15.4. The van der Waals surface area contributed by atoms with E-state index in [4.69, 9.17) is 26.8 Å². The second kappa shape index (κ2) is 11.0. The van der Waals surface area contributed by atoms with E-state index in [9.17, 15) is 4.79 Å². The minimum atomic E-state index is -0.608. The molecule has 2 saturated heterocycles. The van der Waals surface area contributed by atoms with Crippen molar-refractivity contribution in [2.75, 3.05) is 44.7 Å². The third-order valence-electron chi connectivity index (χ3n) is 6.13. The van der Waals surface area contributed by atoms with Gasteiger partial charge in [0.15, 0.2) is 0 Å². The van der Waals surface area contributed by atoms with Crippen LogP contribution >= 0.6 is 11.6 Å². The van der Waals surface area contributed by atoms with E-state index < -0.39 is 6.03 Å². The zero-order valence-corrected chi connectivity index (χ0v) is 19.0. The van der Waals surface area contributed by atoms with Crippen molar-refractivity contribution in [1.29, 1.82) is 0 Å². The summed E-state index contributed by atoms with van der Waals surface area (Å²) in [7, 11) is 0. The number of para-hydroxylation sites is 2. The van der Waals surface area contributed by atoms with E-state index in [-0.39, 0.29) is 6.10 Å². The Morgan fingerprint density at radius 1 is 1.12 bits per heavy atom. The van der Waals surface area contributed by atoms with Crippen LogP contribution in [0.15, 0.2) is 48.5 Å². The van der Waals surface area contributed by atoms with E-state index in [0.29, 0.717) is 30.7 Å². The van der Waals surface area contributed by atoms with Crippen LogP contribution in [-0.2, 0) is 11.3 Å². The van der Waals surface area contributed by atoms with Crippen molar-refractivity contribution in [2.24, 2.45) is 5.73 Å². The van der Waals surface area contributed by atoms with Crippen LogP contribution in [0, 0.1) is 0 Å². The van der Waals surface area contributed by atoms with Crippen LogP contribution in [-0.4, -0.2) is 67.4 Å². The number of anilines is 1. The van der Waals surface area contributed by atoms with Gasteiger partial charge >= 0.3 is 6.03 Å². The maximum Gasteiger partial charge on any atom is 0.316 e. The van der Waals surface area contributed by atoms with Crippen molar-refractivity contribution in [3.05, 3.63) is 59.1 Å². The third-order valence-corrected chi connectivity index (χ3v) is 6.38. The Balaban J connectivity index is 1.24. The molecule has 2 fully saturated rings. The molecular formula is C24H31ClN4O3. The number of halogens is 1. The normalized spacial score (nSPS) is 20.7. The molecule has 2 aromatic carbocycles. The van der Waals surface area contributed by atoms with Gasteiger partial charge in [0.05, 0.1) is 12.3 Å². The van der Waals surface area contributed by atoms with E-state index in [2.05, 4.69) is 27.2 Å². The Morgan fingerprint density at radius 3 is 2.62 bits per heavy atom. The number of carbonyl (C=O) groups is 1. The van der Waals surface area contributed by atoms with Crippen molar-refractivity contribution in [3.8, 4) is 5.75 Å². The number of morpholine rings is 1. The standard InChI is InChI=1S/C24H31ClN4O3/c25-19-7-5-18(6-8-19)15-28-11-9-20(10-12-28)29-13-14-31-21(16-29)17-32-23-4-2-1-3-22(23)27-24(26)30/h1-8,20-21H,9-17H2,(H3,26,27,30). The highest BCUT2D eigenvalue weighted by Gasteiger charge is 2.29. The lowest BCUT2D eigenvalue weighted by atomic mass is 10.0. The zero-order valence-electron chi connectivity index (χ0n) is 18.2. The molecule has 8 heteroatoms. The molecule has 0 radical (unpaired) electrons. The largest absolute Gasteiger partial charge is 0.489 e. The molecule has 0 aromatic heterocycles. The lowest BCUT2D eigenvalue weighted by Crippen LogP contribution is -2.52. The molecule has 2 amide bonds. The Kier molecular flexibility index (Phi) is 7.86. The van der Waals surface area contributed by atoms with Gasteiger partial charge < -0.3 is 20.5 Å². The maximum atomic E-state index is 11.2. The lowest BCUT2D eigenvalue weighted by molar-refractivity contribution is -0.0673. The van der Waals surface area contributed by atoms with Crippen molar-refractivity contribution in [2.45, 2.75) is 31.5 Å². The van der Waals surface area contributed by atoms with Gasteiger partial charge in [-0.1, -0.05) is 35.9 Å². The molecule has 1 unspecified atom stereocenters. The average molecular weight is 459 g/mol. The molecule has 2 aliphatic rings. The number of nitrogens with one attached hydrogen (secondary N) is 1. The highest BCUT2D eigenvalue weighted by Crippen LogP contribution is 2.25. The summed E-state index contributed by atoms with van der Waals surface area (Å²) in [4.78, 5) is 16.3. The van der Waals surface area contributed by atoms with Gasteiger partial charge in [0.25, 0.3) is 0 Å². The van der Waals surface area contributed by atoms with Crippen LogP contribution in [0.25, 0.3) is 0 Å². The molecule has 172 valence electrons. The summed E-state index contributed by atoms with van der Waals surface area (Å²) < 4.78 is 11.9. The number of hydrogen-bond donors (Lipinski definition) is 2. The van der Waals surface area contributed by atoms with Gasteiger partial charge in [-0.25, -0.2) is 4.79 Å². The van der Waals surface area contributed by atoms with E-state index >= 15 is 0 Å². The van der Waals surface area contributed by atoms with Gasteiger partial charge in [0, 0.05) is 30.7 Å². The number of benzene rings is 2. The van der Waals surface area contributed by atoms with Crippen molar-refractivity contribution in [1.82, 2.24) is 9.80 Å². The SMILES string of the molecule is NC(=O)Nc1ccccc1OCC1CN(C2CCN(Cc3ccc(Cl)cc3)CC2)CCO1. The van der Waals surface area contributed by atoms with Gasteiger partial charge in [0.1, 0.15) is 18.5 Å². The molecule has 1 atom stereocenters. The molecule has 0 aliphatic carbocycles. The summed E-state index contributed by atoms with van der Waals surface area (Å²) in [5.74, 6) is 0.600. The summed E-state index contributed by atoms with van der Waals surface area (Å²) in [6.07, 6.45) is 2.32. The number of hydrogen-bond acceptors (Lipinski definition) is 5. The molecular weight excluding hydrogens is 428 g/mol. The quantitative estimate of drug-likeness (QED) is 0.663. The average Bonchev–Trinajstić information content (AvgIpc) is 2.80. The van der Waals surface area contributed by atoms with Gasteiger partial charge in [0.2, 0.25) is 0 Å². The van der Waals surface area contributed by atoms with Crippen molar-refractivity contribution < 1.29 is 14.3 Å². The van der Waals surface area contributed by atoms with Crippen LogP contribution in [0.3, 0.4) is 0 Å². The summed E-state index contributed by atoms with van der Waals surface area (Å²) >= 11 is 6.00. The first-order chi connectivity index (χ1) is 15.6. The van der Waals surface area contributed by atoms with E-state index in [1.807, 2.05) is 30.3 Å². The minimum absolute atomic E-state index is 0.00233. The first-order valence-electron chi connectivity index (χ1n) is 11.2. The van der Waals surface area contributed by atoms with E-state index in [1.165, 1.54) is 5.56 Å². The Labute approximate surface area is 194 Å². The van der Waals surface area contributed by atoms with Crippen LogP contribution in [0.1, 0.15) is 18.4 Å². The first-order valence-corrected chi connectivity index (χ1v) is 11.6. The predicted molar refractivity (Wildman–Crippen MR) is 126 cm³/mol. The second-order valence-corrected chi connectivity index (χ2v) is 8.85. The number of nitrogens with zero attached hydrogens (tertiary/aromatic N) is 2. The predicted octanol–water partition coefficient (Wildman–Crippen LogP) is 3.57. The van der Waals surface area contributed by atoms with Gasteiger partial charge in [-0.3, -0.25) is 9.80 Å². The fraction of sp³-hybridized carbons (Fsp3) is 0.458. The fourth-order valence-corrected chi connectivity index (χ4v) is 4.60. The van der Waals surface area contributed by atoms with Gasteiger partial charge in [-0.2, -0.15) is 0 Å². The topological polar surface area (TPSA) is 80.1 Å². The smallest absolute Gasteiger partial charge is 0.316 e. The van der Waals surface area contributed by atoms with E-state index in [0.717, 1.165) is 50.6 Å². The number of urea groups is 1. The second-order valence-electron chi connectivity index (χ2n) is 8.42. The molecule has 2 heterocycles.